The molecule has 27 heavy (non-hydrogen) atoms. The van der Waals surface area contributed by atoms with E-state index < -0.39 is 24.5 Å². The lowest BCUT2D eigenvalue weighted by atomic mass is 10.0. The Balaban J connectivity index is 1.91. The molecule has 0 bridgehead atoms. The van der Waals surface area contributed by atoms with Crippen LogP contribution in [0.3, 0.4) is 0 Å². The fraction of sp³-hybridized carbons (Fsp3) is 0.0588. The van der Waals surface area contributed by atoms with Crippen LogP contribution in [0.5, 0.6) is 0 Å². The molecule has 2 rings (SSSR count). The molecule has 0 radical (unpaired) electrons. The largest absolute Gasteiger partial charge is 0.514 e. The quantitative estimate of drug-likeness (QED) is 0.467. The van der Waals surface area contributed by atoms with Crippen molar-refractivity contribution >= 4 is 35.9 Å². The monoisotopic (exact) mass is 374 g/mol. The average Bonchev–Trinajstić information content (AvgIpc) is 2.57. The predicted octanol–water partition coefficient (Wildman–Crippen LogP) is 3.73. The van der Waals surface area contributed by atoms with Crippen molar-refractivity contribution in [3.63, 3.8) is 0 Å². The maximum absolute atomic E-state index is 11.2. The Morgan fingerprint density at radius 2 is 1.00 bits per heavy atom. The topological polar surface area (TPSA) is 151 Å². The van der Waals surface area contributed by atoms with E-state index >= 15 is 0 Å². The number of hydrogen-bond donors (Lipinski definition) is 4. The Labute approximate surface area is 152 Å². The molecule has 0 heterocycles. The van der Waals surface area contributed by atoms with E-state index in [2.05, 4.69) is 20.1 Å². The number of carboxylic acid groups (broad SMARTS) is 2. The molecule has 0 unspecified atom stereocenters. The van der Waals surface area contributed by atoms with Gasteiger partial charge in [-0.3, -0.25) is 10.6 Å². The van der Waals surface area contributed by atoms with Crippen molar-refractivity contribution < 1.29 is 38.9 Å². The highest BCUT2D eigenvalue weighted by Gasteiger charge is 2.09. The zero-order chi connectivity index (χ0) is 19.8. The molecule has 0 fully saturated rings. The number of anilines is 2. The molecule has 10 heteroatoms. The molecule has 4 N–H and O–H groups in total. The summed E-state index contributed by atoms with van der Waals surface area (Å²) in [5.41, 5.74) is 2.58. The van der Waals surface area contributed by atoms with Gasteiger partial charge in [0, 0.05) is 11.4 Å². The Hall–Kier alpha value is -4.08. The summed E-state index contributed by atoms with van der Waals surface area (Å²) in [7, 11) is 0. The van der Waals surface area contributed by atoms with Crippen LogP contribution in [0.4, 0.5) is 30.6 Å². The van der Waals surface area contributed by atoms with Gasteiger partial charge in [0.25, 0.3) is 0 Å². The summed E-state index contributed by atoms with van der Waals surface area (Å²) in [6, 6.07) is 13.3. The number of amides is 2. The van der Waals surface area contributed by atoms with Gasteiger partial charge in [0.05, 0.1) is 0 Å². The van der Waals surface area contributed by atoms with Crippen molar-refractivity contribution in [2.24, 2.45) is 0 Å². The second kappa shape index (κ2) is 8.85. The first kappa shape index (κ1) is 19.2. The Bertz CT molecular complexity index is 775. The summed E-state index contributed by atoms with van der Waals surface area (Å²) in [6.45, 7) is 0. The summed E-state index contributed by atoms with van der Waals surface area (Å²) in [4.78, 5) is 42.9. The molecular weight excluding hydrogens is 360 g/mol. The van der Waals surface area contributed by atoms with E-state index in [1.54, 1.807) is 48.5 Å². The molecule has 2 amide bonds. The minimum atomic E-state index is -1.70. The molecule has 0 aliphatic carbocycles. The van der Waals surface area contributed by atoms with E-state index in [0.29, 0.717) is 17.8 Å². The Morgan fingerprint density at radius 1 is 0.667 bits per heavy atom. The van der Waals surface area contributed by atoms with E-state index in [-0.39, 0.29) is 0 Å². The van der Waals surface area contributed by atoms with Gasteiger partial charge in [0.15, 0.2) is 0 Å². The third-order valence-electron chi connectivity index (χ3n) is 3.17. The van der Waals surface area contributed by atoms with Crippen LogP contribution in [0.15, 0.2) is 48.5 Å². The fourth-order valence-electron chi connectivity index (χ4n) is 2.09. The number of rotatable bonds is 4. The van der Waals surface area contributed by atoms with Crippen molar-refractivity contribution in [3.05, 3.63) is 59.7 Å². The SMILES string of the molecule is O=C(O)OC(=O)Nc1ccc(Cc2ccc(NC(=O)OC(=O)O)cc2)cc1. The molecule has 0 spiro atoms. The second-order valence-corrected chi connectivity index (χ2v) is 5.13. The average molecular weight is 374 g/mol. The summed E-state index contributed by atoms with van der Waals surface area (Å²) in [5.74, 6) is 0. The van der Waals surface area contributed by atoms with Crippen LogP contribution in [0.2, 0.25) is 0 Å². The Morgan fingerprint density at radius 3 is 1.30 bits per heavy atom. The van der Waals surface area contributed by atoms with Crippen LogP contribution in [0, 0.1) is 0 Å². The lowest BCUT2D eigenvalue weighted by Gasteiger charge is -2.07. The summed E-state index contributed by atoms with van der Waals surface area (Å²) in [5, 5.41) is 21.2. The number of carbonyl (C=O) groups excluding carboxylic acids is 2. The molecular formula is C17H14N2O8. The van der Waals surface area contributed by atoms with E-state index in [4.69, 9.17) is 10.2 Å². The number of carbonyl (C=O) groups is 4. The number of benzene rings is 2. The molecule has 2 aromatic rings. The minimum Gasteiger partial charge on any atom is -0.449 e. The van der Waals surface area contributed by atoms with Crippen LogP contribution in [0.1, 0.15) is 11.1 Å². The molecule has 10 nitrogen and oxygen atoms in total. The van der Waals surface area contributed by atoms with Crippen LogP contribution < -0.4 is 10.6 Å². The molecule has 0 aliphatic heterocycles. The van der Waals surface area contributed by atoms with E-state index in [1.165, 1.54) is 0 Å². The zero-order valence-electron chi connectivity index (χ0n) is 13.7. The van der Waals surface area contributed by atoms with Crippen LogP contribution in [-0.4, -0.2) is 34.7 Å². The smallest absolute Gasteiger partial charge is 0.449 e. The summed E-state index contributed by atoms with van der Waals surface area (Å²) >= 11 is 0. The van der Waals surface area contributed by atoms with E-state index in [0.717, 1.165) is 11.1 Å². The van der Waals surface area contributed by atoms with Gasteiger partial charge in [0.2, 0.25) is 0 Å². The van der Waals surface area contributed by atoms with E-state index in [9.17, 15) is 19.2 Å². The first-order chi connectivity index (χ1) is 12.8. The van der Waals surface area contributed by atoms with Crippen LogP contribution >= 0.6 is 0 Å². The molecule has 2 aromatic carbocycles. The lowest BCUT2D eigenvalue weighted by molar-refractivity contribution is 0.114. The first-order valence-corrected chi connectivity index (χ1v) is 7.43. The highest BCUT2D eigenvalue weighted by molar-refractivity contribution is 5.91. The maximum atomic E-state index is 11.2. The minimum absolute atomic E-state index is 0.376. The maximum Gasteiger partial charge on any atom is 0.514 e. The van der Waals surface area contributed by atoms with E-state index in [1.807, 2.05) is 0 Å². The van der Waals surface area contributed by atoms with Crippen molar-refractivity contribution in [3.8, 4) is 0 Å². The van der Waals surface area contributed by atoms with Crippen LogP contribution in [-0.2, 0) is 15.9 Å². The summed E-state index contributed by atoms with van der Waals surface area (Å²) in [6.07, 6.45) is -5.03. The van der Waals surface area contributed by atoms with Gasteiger partial charge in [-0.15, -0.1) is 0 Å². The zero-order valence-corrected chi connectivity index (χ0v) is 13.7. The van der Waals surface area contributed by atoms with Gasteiger partial charge in [-0.2, -0.15) is 0 Å². The molecule has 0 aromatic heterocycles. The van der Waals surface area contributed by atoms with Gasteiger partial charge < -0.3 is 19.7 Å². The van der Waals surface area contributed by atoms with Crippen molar-refractivity contribution in [1.29, 1.82) is 0 Å². The highest BCUT2D eigenvalue weighted by Crippen LogP contribution is 2.16. The van der Waals surface area contributed by atoms with Crippen LogP contribution in [0.25, 0.3) is 0 Å². The lowest BCUT2D eigenvalue weighted by Crippen LogP contribution is -2.16. The fourth-order valence-corrected chi connectivity index (χ4v) is 2.09. The van der Waals surface area contributed by atoms with Gasteiger partial charge >= 0.3 is 24.5 Å². The number of nitrogens with one attached hydrogen (secondary N) is 2. The molecule has 0 saturated heterocycles. The summed E-state index contributed by atoms with van der Waals surface area (Å²) < 4.78 is 7.87. The van der Waals surface area contributed by atoms with Gasteiger partial charge in [-0.25, -0.2) is 19.2 Å². The molecule has 0 saturated carbocycles. The van der Waals surface area contributed by atoms with Gasteiger partial charge in [-0.1, -0.05) is 24.3 Å². The first-order valence-electron chi connectivity index (χ1n) is 7.43. The number of hydrogen-bond acceptors (Lipinski definition) is 6. The number of ether oxygens (including phenoxy) is 2. The molecule has 0 atom stereocenters. The van der Waals surface area contributed by atoms with Gasteiger partial charge in [-0.05, 0) is 41.8 Å². The molecule has 140 valence electrons. The second-order valence-electron chi connectivity index (χ2n) is 5.13. The van der Waals surface area contributed by atoms with Crippen molar-refractivity contribution in [2.45, 2.75) is 6.42 Å². The third-order valence-corrected chi connectivity index (χ3v) is 3.17. The highest BCUT2D eigenvalue weighted by atomic mass is 16.7. The molecule has 0 aliphatic rings. The van der Waals surface area contributed by atoms with Gasteiger partial charge in [0.1, 0.15) is 0 Å². The third kappa shape index (κ3) is 6.74. The predicted molar refractivity (Wildman–Crippen MR) is 91.9 cm³/mol. The normalized spacial score (nSPS) is 9.78. The Kier molecular flexibility index (Phi) is 6.31. The van der Waals surface area contributed by atoms with Crippen molar-refractivity contribution in [1.82, 2.24) is 0 Å². The standard InChI is InChI=1S/C17H14N2O8/c20-14(26-16(22)23)18-12-5-1-10(2-6-12)9-11-3-7-13(8-4-11)19-15(21)27-17(24)25/h1-8H,9H2,(H,18,20)(H,19,21)(H,22,23)(H,24,25). The van der Waals surface area contributed by atoms with Crippen molar-refractivity contribution in [2.75, 3.05) is 10.6 Å².